The second-order valence-corrected chi connectivity index (χ2v) is 8.12. The summed E-state index contributed by atoms with van der Waals surface area (Å²) in [6, 6.07) is 10.4. The van der Waals surface area contributed by atoms with Crippen LogP contribution in [0.5, 0.6) is 23.0 Å². The largest absolute Gasteiger partial charge is 0.497 e. The number of anilines is 1. The summed E-state index contributed by atoms with van der Waals surface area (Å²) in [6.07, 6.45) is 0.496. The lowest BCUT2D eigenvalue weighted by molar-refractivity contribution is 0.0516. The van der Waals surface area contributed by atoms with E-state index < -0.39 is 5.97 Å². The first-order chi connectivity index (χ1) is 17.9. The molecule has 11 heteroatoms. The van der Waals surface area contributed by atoms with Gasteiger partial charge in [0.25, 0.3) is 0 Å². The highest BCUT2D eigenvalue weighted by Gasteiger charge is 2.31. The number of esters is 1. The number of urea groups is 1. The molecule has 0 saturated carbocycles. The highest BCUT2D eigenvalue weighted by atomic mass is 16.5. The summed E-state index contributed by atoms with van der Waals surface area (Å²) in [5.41, 5.74) is 2.95. The number of nitrogens with zero attached hydrogens (tertiary/aromatic N) is 3. The molecule has 37 heavy (non-hydrogen) atoms. The molecule has 0 aliphatic carbocycles. The van der Waals surface area contributed by atoms with Gasteiger partial charge in [0.1, 0.15) is 5.75 Å². The molecule has 0 bridgehead atoms. The van der Waals surface area contributed by atoms with Gasteiger partial charge in [-0.05, 0) is 31.2 Å². The fourth-order valence-electron chi connectivity index (χ4n) is 4.25. The van der Waals surface area contributed by atoms with Crippen molar-refractivity contribution in [2.24, 2.45) is 0 Å². The Morgan fingerprint density at radius 1 is 0.973 bits per heavy atom. The number of rotatable bonds is 8. The molecular weight excluding hydrogens is 480 g/mol. The zero-order valence-electron chi connectivity index (χ0n) is 21.5. The van der Waals surface area contributed by atoms with E-state index in [0.717, 1.165) is 11.4 Å². The normalized spacial score (nSPS) is 12.4. The van der Waals surface area contributed by atoms with Crippen LogP contribution in [-0.2, 0) is 17.7 Å². The van der Waals surface area contributed by atoms with E-state index >= 15 is 0 Å². The van der Waals surface area contributed by atoms with Crippen molar-refractivity contribution < 1.29 is 33.3 Å². The summed E-state index contributed by atoms with van der Waals surface area (Å²) in [5.74, 6) is 1.45. The average molecular weight is 511 g/mol. The van der Waals surface area contributed by atoms with Crippen molar-refractivity contribution in [1.82, 2.24) is 14.7 Å². The lowest BCUT2D eigenvalue weighted by Crippen LogP contribution is -2.39. The Bertz CT molecular complexity index is 1260. The third-order valence-electron chi connectivity index (χ3n) is 6.05. The van der Waals surface area contributed by atoms with Gasteiger partial charge >= 0.3 is 12.0 Å². The molecule has 196 valence electrons. The summed E-state index contributed by atoms with van der Waals surface area (Å²) in [4.78, 5) is 27.6. The summed E-state index contributed by atoms with van der Waals surface area (Å²) in [5, 5.41) is 7.46. The van der Waals surface area contributed by atoms with E-state index in [4.69, 9.17) is 23.7 Å². The van der Waals surface area contributed by atoms with Crippen molar-refractivity contribution in [3.05, 3.63) is 53.3 Å². The number of fused-ring (bicyclic) bond motifs is 1. The van der Waals surface area contributed by atoms with Gasteiger partial charge in [-0.25, -0.2) is 14.3 Å². The van der Waals surface area contributed by atoms with Gasteiger partial charge in [-0.1, -0.05) is 0 Å². The Hall–Kier alpha value is -4.41. The van der Waals surface area contributed by atoms with Crippen LogP contribution in [0.15, 0.2) is 36.4 Å². The van der Waals surface area contributed by atoms with Crippen molar-refractivity contribution >= 4 is 17.7 Å². The van der Waals surface area contributed by atoms with Gasteiger partial charge in [0.2, 0.25) is 5.75 Å². The van der Waals surface area contributed by atoms with Crippen LogP contribution in [0.3, 0.4) is 0 Å². The van der Waals surface area contributed by atoms with Crippen molar-refractivity contribution in [2.45, 2.75) is 19.9 Å². The highest BCUT2D eigenvalue weighted by Crippen LogP contribution is 2.40. The van der Waals surface area contributed by atoms with E-state index in [2.05, 4.69) is 10.4 Å². The van der Waals surface area contributed by atoms with Crippen LogP contribution in [-0.4, -0.2) is 68.3 Å². The molecule has 2 aromatic carbocycles. The topological polar surface area (TPSA) is 113 Å². The molecule has 3 aromatic rings. The van der Waals surface area contributed by atoms with Gasteiger partial charge in [0, 0.05) is 30.7 Å². The minimum Gasteiger partial charge on any atom is -0.497 e. The first-order valence-electron chi connectivity index (χ1n) is 11.7. The summed E-state index contributed by atoms with van der Waals surface area (Å²) < 4.78 is 28.3. The minimum absolute atomic E-state index is 0.190. The van der Waals surface area contributed by atoms with Gasteiger partial charge in [-0.15, -0.1) is 0 Å². The molecule has 2 amide bonds. The number of hydrogen-bond donors (Lipinski definition) is 1. The third kappa shape index (κ3) is 5.11. The maximum absolute atomic E-state index is 13.2. The first-order valence-corrected chi connectivity index (χ1v) is 11.7. The number of ether oxygens (including phenoxy) is 5. The summed E-state index contributed by atoms with van der Waals surface area (Å²) in [6.45, 7) is 2.57. The first kappa shape index (κ1) is 25.7. The number of amides is 2. The fraction of sp³-hybridized carbons (Fsp3) is 0.346. The number of benzene rings is 2. The van der Waals surface area contributed by atoms with Gasteiger partial charge in [0.15, 0.2) is 17.2 Å². The van der Waals surface area contributed by atoms with Crippen LogP contribution in [0.2, 0.25) is 0 Å². The van der Waals surface area contributed by atoms with E-state index in [1.54, 1.807) is 35.7 Å². The molecule has 1 N–H and O–H groups in total. The molecule has 11 nitrogen and oxygen atoms in total. The summed E-state index contributed by atoms with van der Waals surface area (Å²) >= 11 is 0. The van der Waals surface area contributed by atoms with Crippen molar-refractivity contribution in [3.8, 4) is 28.7 Å². The molecule has 1 aliphatic rings. The Labute approximate surface area is 214 Å². The lowest BCUT2D eigenvalue weighted by Gasteiger charge is -2.28. The molecule has 0 unspecified atom stereocenters. The minimum atomic E-state index is -0.530. The average Bonchev–Trinajstić information content (AvgIpc) is 3.31. The number of methoxy groups -OCH3 is 4. The van der Waals surface area contributed by atoms with E-state index in [9.17, 15) is 9.59 Å². The van der Waals surface area contributed by atoms with E-state index in [1.165, 1.54) is 21.3 Å². The molecule has 0 radical (unpaired) electrons. The number of aromatic nitrogens is 2. The van der Waals surface area contributed by atoms with Crippen LogP contribution in [0, 0.1) is 0 Å². The van der Waals surface area contributed by atoms with E-state index in [0.29, 0.717) is 47.2 Å². The Morgan fingerprint density at radius 3 is 2.22 bits per heavy atom. The number of carbonyl (C=O) groups excluding carboxylic acids is 2. The molecule has 0 saturated heterocycles. The van der Waals surface area contributed by atoms with Crippen LogP contribution in [0.25, 0.3) is 5.69 Å². The van der Waals surface area contributed by atoms with E-state index in [-0.39, 0.29) is 24.9 Å². The molecule has 0 spiro atoms. The molecule has 4 rings (SSSR count). The SMILES string of the molecule is CCOC(=O)c1nn(-c2ccc(OC)cc2)c2c1CN(C(=O)Nc1cc(OC)c(OC)c(OC)c1)CC2. The zero-order chi connectivity index (χ0) is 26.5. The maximum Gasteiger partial charge on any atom is 0.359 e. The fourth-order valence-corrected chi connectivity index (χ4v) is 4.25. The Balaban J connectivity index is 1.62. The number of hydrogen-bond acceptors (Lipinski definition) is 8. The molecule has 1 aliphatic heterocycles. The maximum atomic E-state index is 13.2. The smallest absolute Gasteiger partial charge is 0.359 e. The second-order valence-electron chi connectivity index (χ2n) is 8.12. The van der Waals surface area contributed by atoms with Gasteiger partial charge in [-0.3, -0.25) is 0 Å². The Morgan fingerprint density at radius 2 is 1.65 bits per heavy atom. The van der Waals surface area contributed by atoms with Crippen molar-refractivity contribution in [3.63, 3.8) is 0 Å². The van der Waals surface area contributed by atoms with E-state index in [1.807, 2.05) is 24.3 Å². The number of nitrogens with one attached hydrogen (secondary N) is 1. The molecule has 0 fully saturated rings. The molecule has 1 aromatic heterocycles. The predicted molar refractivity (Wildman–Crippen MR) is 135 cm³/mol. The molecule has 2 heterocycles. The summed E-state index contributed by atoms with van der Waals surface area (Å²) in [7, 11) is 6.12. The van der Waals surface area contributed by atoms with Gasteiger partial charge in [-0.2, -0.15) is 5.10 Å². The lowest BCUT2D eigenvalue weighted by atomic mass is 10.0. The van der Waals surface area contributed by atoms with Crippen LogP contribution >= 0.6 is 0 Å². The molecular formula is C26H30N4O7. The predicted octanol–water partition coefficient (Wildman–Crippen LogP) is 3.67. The van der Waals surface area contributed by atoms with Crippen molar-refractivity contribution in [1.29, 1.82) is 0 Å². The second kappa shape index (κ2) is 11.1. The van der Waals surface area contributed by atoms with Crippen LogP contribution in [0.4, 0.5) is 10.5 Å². The van der Waals surface area contributed by atoms with Crippen LogP contribution < -0.4 is 24.3 Å². The monoisotopic (exact) mass is 510 g/mol. The quantitative estimate of drug-likeness (QED) is 0.457. The van der Waals surface area contributed by atoms with Gasteiger partial charge < -0.3 is 33.9 Å². The highest BCUT2D eigenvalue weighted by molar-refractivity contribution is 5.92. The number of carbonyl (C=O) groups is 2. The van der Waals surface area contributed by atoms with Crippen LogP contribution in [0.1, 0.15) is 28.7 Å². The van der Waals surface area contributed by atoms with Crippen molar-refractivity contribution in [2.75, 3.05) is 46.9 Å². The third-order valence-corrected chi connectivity index (χ3v) is 6.05. The molecule has 0 atom stereocenters. The zero-order valence-corrected chi connectivity index (χ0v) is 21.5. The Kier molecular flexibility index (Phi) is 7.71. The van der Waals surface area contributed by atoms with Gasteiger partial charge in [0.05, 0.1) is 58.7 Å². The standard InChI is InChI=1S/C26H30N4O7/c1-6-37-25(31)23-19-15-29(12-11-20(19)30(28-23)17-7-9-18(33-2)10-8-17)26(32)27-16-13-21(34-3)24(36-5)22(14-16)35-4/h7-10,13-14H,6,11-12,15H2,1-5H3,(H,27,32).